The van der Waals surface area contributed by atoms with E-state index in [1.807, 2.05) is 118 Å². The van der Waals surface area contributed by atoms with Crippen molar-refractivity contribution in [1.29, 1.82) is 0 Å². The molecule has 2 N–H and O–H groups in total. The van der Waals surface area contributed by atoms with Gasteiger partial charge in [0.1, 0.15) is 29.4 Å². The van der Waals surface area contributed by atoms with Gasteiger partial charge in [-0.25, -0.2) is 9.65 Å². The Hall–Kier alpha value is -4.85. The maximum atomic E-state index is 15.2. The number of nitrogens with zero attached hydrogens (tertiary/aromatic N) is 4. The van der Waals surface area contributed by atoms with E-state index < -0.39 is 37.1 Å². The minimum absolute atomic E-state index is 0.0000606. The summed E-state index contributed by atoms with van der Waals surface area (Å²) in [7, 11) is -0.197. The molecule has 0 saturated carbocycles. The largest absolute Gasteiger partial charge is 0.497 e. The van der Waals surface area contributed by atoms with E-state index in [4.69, 9.17) is 23.5 Å². The first-order valence-electron chi connectivity index (χ1n) is 20.2. The van der Waals surface area contributed by atoms with Gasteiger partial charge in [0.25, 0.3) is 13.1 Å². The van der Waals surface area contributed by atoms with Crippen LogP contribution in [-0.2, 0) is 29.0 Å². The van der Waals surface area contributed by atoms with Crippen LogP contribution in [0.3, 0.4) is 0 Å². The van der Waals surface area contributed by atoms with Crippen molar-refractivity contribution in [2.75, 3.05) is 32.3 Å². The van der Waals surface area contributed by atoms with Gasteiger partial charge < -0.3 is 23.5 Å². The number of hydrogen-bond donors (Lipinski definition) is 2. The minimum Gasteiger partial charge on any atom is -0.497 e. The van der Waals surface area contributed by atoms with E-state index in [9.17, 15) is 9.59 Å². The number of carbonyl (C=O) groups is 1. The summed E-state index contributed by atoms with van der Waals surface area (Å²) in [5, 5.41) is 2.69. The Kier molecular flexibility index (Phi) is 13.8. The van der Waals surface area contributed by atoms with Gasteiger partial charge in [-0.05, 0) is 75.1 Å². The Balaban J connectivity index is 1.46. The molecule has 0 bridgehead atoms. The molecule has 3 aromatic carbocycles. The molecule has 1 saturated heterocycles. The fraction of sp³-hybridized carbons (Fsp3) is 0.455. The van der Waals surface area contributed by atoms with E-state index >= 15 is 4.57 Å². The maximum absolute atomic E-state index is 15.2. The lowest BCUT2D eigenvalue weighted by molar-refractivity contribution is -0.118. The molecular weight excluding hydrogens is 771 g/mol. The van der Waals surface area contributed by atoms with E-state index in [1.165, 1.54) is 6.33 Å². The van der Waals surface area contributed by atoms with Gasteiger partial charge in [0.05, 0.1) is 33.3 Å². The van der Waals surface area contributed by atoms with Crippen molar-refractivity contribution in [2.45, 2.75) is 97.4 Å². The smallest absolute Gasteiger partial charge is 0.280 e. The number of aromatic amines is 1. The molecule has 316 valence electrons. The van der Waals surface area contributed by atoms with Crippen LogP contribution in [0.15, 0.2) is 90.0 Å². The van der Waals surface area contributed by atoms with E-state index in [0.29, 0.717) is 24.1 Å². The lowest BCUT2D eigenvalue weighted by Crippen LogP contribution is -2.40. The Bertz CT molecular complexity index is 2220. The van der Waals surface area contributed by atoms with Gasteiger partial charge >= 0.3 is 0 Å². The summed E-state index contributed by atoms with van der Waals surface area (Å²) in [4.78, 5) is 37.4. The summed E-state index contributed by atoms with van der Waals surface area (Å²) in [5.74, 6) is 0.742. The second kappa shape index (κ2) is 18.6. The van der Waals surface area contributed by atoms with Gasteiger partial charge in [0.15, 0.2) is 11.2 Å². The Morgan fingerprint density at radius 3 is 2.03 bits per heavy atom. The monoisotopic (exact) mass is 828 g/mol. The summed E-state index contributed by atoms with van der Waals surface area (Å²) < 4.78 is 51.0. The number of aromatic nitrogens is 4. The molecule has 15 heteroatoms. The highest BCUT2D eigenvalue weighted by atomic mass is 31.2. The van der Waals surface area contributed by atoms with Gasteiger partial charge in [-0.3, -0.25) is 29.0 Å². The number of rotatable bonds is 18. The highest BCUT2D eigenvalue weighted by molar-refractivity contribution is 7.56. The Morgan fingerprint density at radius 1 is 0.932 bits per heavy atom. The van der Waals surface area contributed by atoms with Crippen LogP contribution in [-0.4, -0.2) is 81.4 Å². The highest BCUT2D eigenvalue weighted by Crippen LogP contribution is 2.57. The number of hydrogen-bond acceptors (Lipinski definition) is 10. The van der Waals surface area contributed by atoms with E-state index in [2.05, 4.69) is 20.3 Å². The van der Waals surface area contributed by atoms with Crippen LogP contribution in [0.25, 0.3) is 11.2 Å². The number of fused-ring (bicyclic) bond motifs is 1. The fourth-order valence-corrected chi connectivity index (χ4v) is 11.0. The molecule has 0 radical (unpaired) electrons. The number of imidazole rings is 1. The molecule has 59 heavy (non-hydrogen) atoms. The lowest BCUT2D eigenvalue weighted by atomic mass is 9.80. The van der Waals surface area contributed by atoms with Gasteiger partial charge in [0, 0.05) is 30.6 Å². The van der Waals surface area contributed by atoms with E-state index in [0.717, 1.165) is 16.7 Å². The van der Waals surface area contributed by atoms with Crippen molar-refractivity contribution in [1.82, 2.24) is 24.2 Å². The number of amides is 1. The topological polar surface area (TPSA) is 159 Å². The van der Waals surface area contributed by atoms with Gasteiger partial charge in [0.2, 0.25) is 11.9 Å². The van der Waals surface area contributed by atoms with Crippen LogP contribution in [0.1, 0.15) is 84.2 Å². The van der Waals surface area contributed by atoms with Crippen molar-refractivity contribution in [3.63, 3.8) is 0 Å². The van der Waals surface area contributed by atoms with Crippen LogP contribution in [0, 0.1) is 5.92 Å². The predicted molar refractivity (Wildman–Crippen MR) is 228 cm³/mol. The lowest BCUT2D eigenvalue weighted by Gasteiger charge is -2.40. The van der Waals surface area contributed by atoms with Crippen molar-refractivity contribution in [2.24, 2.45) is 5.92 Å². The summed E-state index contributed by atoms with van der Waals surface area (Å²) in [6, 6.07) is 25.4. The second-order valence-electron chi connectivity index (χ2n) is 15.6. The third kappa shape index (κ3) is 9.17. The first-order valence-corrected chi connectivity index (χ1v) is 22.0. The molecule has 2 aromatic heterocycles. The quantitative estimate of drug-likeness (QED) is 0.0649. The first-order chi connectivity index (χ1) is 28.2. The summed E-state index contributed by atoms with van der Waals surface area (Å²) in [5.41, 5.74) is 1.16. The van der Waals surface area contributed by atoms with E-state index in [-0.39, 0.29) is 54.0 Å². The predicted octanol–water partition coefficient (Wildman–Crippen LogP) is 8.13. The molecule has 4 atom stereocenters. The number of methoxy groups -OCH3 is 2. The average molecular weight is 829 g/mol. The zero-order valence-electron chi connectivity index (χ0n) is 35.4. The number of anilines is 1. The van der Waals surface area contributed by atoms with Gasteiger partial charge in [-0.15, -0.1) is 0 Å². The zero-order chi connectivity index (χ0) is 42.5. The molecule has 14 nitrogen and oxygen atoms in total. The SMILES string of the molecule is CCCP(=O)(O[C@H]1C[C@H](n2cnc3c(=O)[nH]c(NC(=O)C(C)C)nc32)O[C@@H]1COC(c1ccccc1)(c1ccc(OC)cc1)c1ccc(OC)cc1)N(C(C)C)C(C)C. The molecular formula is C44H57N6O8P. The number of H-pyrrole nitrogens is 1. The molecule has 0 aliphatic carbocycles. The van der Waals surface area contributed by atoms with Crippen LogP contribution in [0.4, 0.5) is 5.95 Å². The third-order valence-corrected chi connectivity index (χ3v) is 13.8. The fourth-order valence-electron chi connectivity index (χ4n) is 7.89. The first kappa shape index (κ1) is 43.7. The van der Waals surface area contributed by atoms with Crippen LogP contribution >= 0.6 is 7.52 Å². The average Bonchev–Trinajstić information content (AvgIpc) is 3.82. The molecule has 0 spiro atoms. The molecule has 1 fully saturated rings. The van der Waals surface area contributed by atoms with Crippen LogP contribution in [0.5, 0.6) is 11.5 Å². The van der Waals surface area contributed by atoms with Crippen LogP contribution < -0.4 is 20.3 Å². The number of nitrogens with one attached hydrogen (secondary N) is 2. The molecule has 1 unspecified atom stereocenters. The van der Waals surface area contributed by atoms with Crippen LogP contribution in [0.2, 0.25) is 0 Å². The summed E-state index contributed by atoms with van der Waals surface area (Å²) in [6.07, 6.45) is 0.478. The zero-order valence-corrected chi connectivity index (χ0v) is 36.3. The van der Waals surface area contributed by atoms with E-state index in [1.54, 1.807) is 32.6 Å². The Morgan fingerprint density at radius 2 is 1.51 bits per heavy atom. The normalized spacial score (nSPS) is 18.2. The number of ether oxygens (including phenoxy) is 4. The third-order valence-electron chi connectivity index (χ3n) is 10.5. The molecule has 3 heterocycles. The molecule has 6 rings (SSSR count). The number of carbonyl (C=O) groups excluding carboxylic acids is 1. The van der Waals surface area contributed by atoms with Crippen molar-refractivity contribution in [3.05, 3.63) is 112 Å². The second-order valence-corrected chi connectivity index (χ2v) is 18.0. The molecule has 5 aromatic rings. The van der Waals surface area contributed by atoms with Crippen molar-refractivity contribution >= 4 is 30.5 Å². The standard InChI is InChI=1S/C44H57N6O8P/c1-10-24-59(53,50(29(4)5)30(6)7)58-36-25-38(49-27-45-39-40(49)46-43(48-42(39)52)47-41(51)28(2)3)57-37(36)26-56-44(31-14-12-11-13-15-31,32-16-20-34(54-8)21-17-32)33-18-22-35(55-9)23-19-33/h11-23,27-30,36-38H,10,24-26H2,1-9H3,(H2,46,47,48,51,52)/t36-,37+,38+,59?/m0/s1. The van der Waals surface area contributed by atoms with Gasteiger partial charge in [-0.2, -0.15) is 4.98 Å². The molecule has 1 amide bonds. The summed E-state index contributed by atoms with van der Waals surface area (Å²) >= 11 is 0. The Labute approximate surface area is 346 Å². The van der Waals surface area contributed by atoms with Crippen molar-refractivity contribution in [3.8, 4) is 11.5 Å². The maximum Gasteiger partial charge on any atom is 0.280 e. The highest BCUT2D eigenvalue weighted by Gasteiger charge is 2.47. The molecule has 1 aliphatic rings. The van der Waals surface area contributed by atoms with Gasteiger partial charge in [-0.1, -0.05) is 75.4 Å². The summed E-state index contributed by atoms with van der Waals surface area (Å²) in [6.45, 7) is 13.6. The molecule has 1 aliphatic heterocycles. The number of benzene rings is 3. The minimum atomic E-state index is -3.45. The van der Waals surface area contributed by atoms with Crippen molar-refractivity contribution < 1.29 is 32.8 Å².